The second-order valence-electron chi connectivity index (χ2n) is 8.18. The van der Waals surface area contributed by atoms with E-state index in [-0.39, 0.29) is 0 Å². The van der Waals surface area contributed by atoms with Gasteiger partial charge in [0.05, 0.1) is 11.4 Å². The lowest BCUT2D eigenvalue weighted by molar-refractivity contribution is 0.838. The van der Waals surface area contributed by atoms with Gasteiger partial charge in [-0.25, -0.2) is 0 Å². The van der Waals surface area contributed by atoms with Gasteiger partial charge in [-0.05, 0) is 60.1 Å². The molecule has 0 saturated heterocycles. The first-order chi connectivity index (χ1) is 13.4. The number of hydrogen-bond donors (Lipinski definition) is 2. The molecule has 0 saturated carbocycles. The molecule has 0 bridgehead atoms. The number of anilines is 4. The quantitative estimate of drug-likeness (QED) is 0.457. The van der Waals surface area contributed by atoms with Crippen LogP contribution in [0, 0.1) is 13.8 Å². The molecule has 0 fully saturated rings. The Morgan fingerprint density at radius 2 is 0.964 bits per heavy atom. The summed E-state index contributed by atoms with van der Waals surface area (Å²) in [4.78, 5) is 0. The molecule has 0 aliphatic carbocycles. The zero-order valence-corrected chi connectivity index (χ0v) is 17.9. The van der Waals surface area contributed by atoms with E-state index < -0.39 is 0 Å². The van der Waals surface area contributed by atoms with Crippen LogP contribution in [0.4, 0.5) is 22.7 Å². The Labute approximate surface area is 170 Å². The lowest BCUT2D eigenvalue weighted by Gasteiger charge is -2.23. The average molecular weight is 373 g/mol. The van der Waals surface area contributed by atoms with Gasteiger partial charge in [0, 0.05) is 11.4 Å². The number of para-hydroxylation sites is 4. The van der Waals surface area contributed by atoms with Crippen molar-refractivity contribution >= 4 is 22.7 Å². The Morgan fingerprint density at radius 3 is 1.43 bits per heavy atom. The van der Waals surface area contributed by atoms with Crippen molar-refractivity contribution in [3.05, 3.63) is 82.9 Å². The number of rotatable bonds is 6. The third kappa shape index (κ3) is 4.22. The largest absolute Gasteiger partial charge is 0.353 e. The highest BCUT2D eigenvalue weighted by Gasteiger charge is 2.15. The van der Waals surface area contributed by atoms with Gasteiger partial charge >= 0.3 is 0 Å². The SMILES string of the molecule is Cc1cccc(C)c1Nc1ccccc1Nc1c(C(C)C)cccc1C(C)C. The third-order valence-electron chi connectivity index (χ3n) is 5.30. The summed E-state index contributed by atoms with van der Waals surface area (Å²) in [6.07, 6.45) is 0. The van der Waals surface area contributed by atoms with E-state index in [2.05, 4.69) is 113 Å². The summed E-state index contributed by atoms with van der Waals surface area (Å²) in [6.45, 7) is 13.3. The molecule has 2 nitrogen and oxygen atoms in total. The molecule has 0 amide bonds. The van der Waals surface area contributed by atoms with Crippen molar-refractivity contribution in [2.75, 3.05) is 10.6 Å². The summed E-state index contributed by atoms with van der Waals surface area (Å²) in [5.74, 6) is 0.917. The van der Waals surface area contributed by atoms with E-state index in [0.717, 1.165) is 11.4 Å². The Kier molecular flexibility index (Phi) is 6.08. The number of nitrogens with one attached hydrogen (secondary N) is 2. The second kappa shape index (κ2) is 8.52. The zero-order valence-electron chi connectivity index (χ0n) is 17.9. The molecular weight excluding hydrogens is 340 g/mol. The molecule has 2 N–H and O–H groups in total. The summed E-state index contributed by atoms with van der Waals surface area (Å²) in [7, 11) is 0. The summed E-state index contributed by atoms with van der Waals surface area (Å²) in [5.41, 5.74) is 9.82. The summed E-state index contributed by atoms with van der Waals surface area (Å²) in [6, 6.07) is 21.5. The second-order valence-corrected chi connectivity index (χ2v) is 8.18. The fraction of sp³-hybridized carbons (Fsp3) is 0.308. The van der Waals surface area contributed by atoms with E-state index in [1.807, 2.05) is 0 Å². The van der Waals surface area contributed by atoms with Crippen LogP contribution in [0.5, 0.6) is 0 Å². The van der Waals surface area contributed by atoms with Crippen LogP contribution >= 0.6 is 0 Å². The van der Waals surface area contributed by atoms with Gasteiger partial charge in [-0.2, -0.15) is 0 Å². The number of benzene rings is 3. The minimum absolute atomic E-state index is 0.458. The predicted molar refractivity (Wildman–Crippen MR) is 124 cm³/mol. The lowest BCUT2D eigenvalue weighted by Crippen LogP contribution is -2.06. The van der Waals surface area contributed by atoms with Crippen molar-refractivity contribution < 1.29 is 0 Å². The molecular formula is C26H32N2. The van der Waals surface area contributed by atoms with Gasteiger partial charge in [0.2, 0.25) is 0 Å². The van der Waals surface area contributed by atoms with E-state index in [0.29, 0.717) is 11.8 Å². The van der Waals surface area contributed by atoms with Crippen LogP contribution in [0.15, 0.2) is 60.7 Å². The molecule has 3 aromatic carbocycles. The molecule has 0 spiro atoms. The molecule has 3 rings (SSSR count). The lowest BCUT2D eigenvalue weighted by atomic mass is 9.92. The molecule has 0 unspecified atom stereocenters. The van der Waals surface area contributed by atoms with Gasteiger partial charge in [0.25, 0.3) is 0 Å². The summed E-state index contributed by atoms with van der Waals surface area (Å²) in [5, 5.41) is 7.43. The van der Waals surface area contributed by atoms with Gasteiger partial charge in [-0.1, -0.05) is 76.2 Å². The van der Waals surface area contributed by atoms with Crippen molar-refractivity contribution in [3.8, 4) is 0 Å². The maximum Gasteiger partial charge on any atom is 0.0623 e. The van der Waals surface area contributed by atoms with Crippen LogP contribution in [0.1, 0.15) is 61.8 Å². The van der Waals surface area contributed by atoms with Crippen molar-refractivity contribution in [3.63, 3.8) is 0 Å². The first kappa shape index (κ1) is 20.0. The Morgan fingerprint density at radius 1 is 0.536 bits per heavy atom. The highest BCUT2D eigenvalue weighted by Crippen LogP contribution is 2.37. The van der Waals surface area contributed by atoms with Gasteiger partial charge in [0.15, 0.2) is 0 Å². The highest BCUT2D eigenvalue weighted by molar-refractivity contribution is 5.81. The standard InChI is InChI=1S/C26H32N2/c1-17(2)21-13-10-14-22(18(3)4)26(21)28-24-16-8-7-15-23(24)27-25-19(5)11-9-12-20(25)6/h7-18,27-28H,1-6H3. The van der Waals surface area contributed by atoms with Crippen molar-refractivity contribution in [1.29, 1.82) is 0 Å². The molecule has 0 radical (unpaired) electrons. The summed E-state index contributed by atoms with van der Waals surface area (Å²) >= 11 is 0. The maximum absolute atomic E-state index is 3.77. The van der Waals surface area contributed by atoms with Gasteiger partial charge in [-0.15, -0.1) is 0 Å². The normalized spacial score (nSPS) is 11.1. The molecule has 146 valence electrons. The van der Waals surface area contributed by atoms with Gasteiger partial charge in [-0.3, -0.25) is 0 Å². The predicted octanol–water partition coefficient (Wildman–Crippen LogP) is 8.04. The van der Waals surface area contributed by atoms with Crippen LogP contribution in [0.3, 0.4) is 0 Å². The first-order valence-corrected chi connectivity index (χ1v) is 10.2. The van der Waals surface area contributed by atoms with Crippen molar-refractivity contribution in [2.24, 2.45) is 0 Å². The zero-order chi connectivity index (χ0) is 20.3. The minimum atomic E-state index is 0.458. The van der Waals surface area contributed by atoms with E-state index >= 15 is 0 Å². The molecule has 0 aliphatic rings. The van der Waals surface area contributed by atoms with Crippen LogP contribution in [-0.4, -0.2) is 0 Å². The van der Waals surface area contributed by atoms with Crippen LogP contribution in [0.2, 0.25) is 0 Å². The molecule has 2 heteroatoms. The number of aryl methyl sites for hydroxylation is 2. The fourth-order valence-corrected chi connectivity index (χ4v) is 3.68. The van der Waals surface area contributed by atoms with Gasteiger partial charge in [0.1, 0.15) is 0 Å². The van der Waals surface area contributed by atoms with Crippen molar-refractivity contribution in [1.82, 2.24) is 0 Å². The van der Waals surface area contributed by atoms with Crippen LogP contribution < -0.4 is 10.6 Å². The smallest absolute Gasteiger partial charge is 0.0623 e. The Hall–Kier alpha value is -2.74. The van der Waals surface area contributed by atoms with Crippen molar-refractivity contribution in [2.45, 2.75) is 53.4 Å². The van der Waals surface area contributed by atoms with Crippen LogP contribution in [0.25, 0.3) is 0 Å². The average Bonchev–Trinajstić information content (AvgIpc) is 2.66. The monoisotopic (exact) mass is 372 g/mol. The Bertz CT molecular complexity index is 908. The Balaban J connectivity index is 2.04. The van der Waals surface area contributed by atoms with E-state index in [4.69, 9.17) is 0 Å². The van der Waals surface area contributed by atoms with Crippen LogP contribution in [-0.2, 0) is 0 Å². The highest BCUT2D eigenvalue weighted by atomic mass is 15.0. The molecule has 0 heterocycles. The third-order valence-corrected chi connectivity index (χ3v) is 5.30. The van der Waals surface area contributed by atoms with E-state index in [1.54, 1.807) is 0 Å². The molecule has 0 atom stereocenters. The molecule has 3 aromatic rings. The molecule has 0 aromatic heterocycles. The number of hydrogen-bond acceptors (Lipinski definition) is 2. The maximum atomic E-state index is 3.77. The van der Waals surface area contributed by atoms with E-state index in [9.17, 15) is 0 Å². The summed E-state index contributed by atoms with van der Waals surface area (Å²) < 4.78 is 0. The van der Waals surface area contributed by atoms with E-state index in [1.165, 1.54) is 33.6 Å². The first-order valence-electron chi connectivity index (χ1n) is 10.2. The van der Waals surface area contributed by atoms with Gasteiger partial charge < -0.3 is 10.6 Å². The molecule has 0 aliphatic heterocycles. The molecule has 28 heavy (non-hydrogen) atoms. The minimum Gasteiger partial charge on any atom is -0.353 e. The fourth-order valence-electron chi connectivity index (χ4n) is 3.68. The topological polar surface area (TPSA) is 24.1 Å².